The fourth-order valence-corrected chi connectivity index (χ4v) is 1.86. The van der Waals surface area contributed by atoms with E-state index in [1.807, 2.05) is 6.92 Å². The van der Waals surface area contributed by atoms with Crippen LogP contribution in [0.15, 0.2) is 12.1 Å². The van der Waals surface area contributed by atoms with Crippen LogP contribution in [-0.4, -0.2) is 33.8 Å². The minimum atomic E-state index is -0.214. The summed E-state index contributed by atoms with van der Waals surface area (Å²) in [7, 11) is 4.58. The summed E-state index contributed by atoms with van der Waals surface area (Å²) in [5.74, 6) is 1.13. The molecule has 0 aromatic heterocycles. The second kappa shape index (κ2) is 7.59. The van der Waals surface area contributed by atoms with Gasteiger partial charge in [-0.15, -0.1) is 0 Å². The molecule has 0 spiro atoms. The predicted octanol–water partition coefficient (Wildman–Crippen LogP) is 1.64. The first-order valence-electron chi connectivity index (χ1n) is 6.42. The zero-order valence-corrected chi connectivity index (χ0v) is 12.4. The Labute approximate surface area is 119 Å². The summed E-state index contributed by atoms with van der Waals surface area (Å²) in [6.07, 6.45) is 0.687. The molecule has 20 heavy (non-hydrogen) atoms. The topological polar surface area (TPSA) is 82.8 Å². The molecule has 112 valence electrons. The molecular weight excluding hydrogens is 260 g/mol. The van der Waals surface area contributed by atoms with Gasteiger partial charge >= 0.3 is 0 Å². The smallest absolute Gasteiger partial charge is 0.228 e. The lowest BCUT2D eigenvalue weighted by Gasteiger charge is -2.16. The number of anilines is 1. The summed E-state index contributed by atoms with van der Waals surface area (Å²) in [6.45, 7) is 2.24. The maximum Gasteiger partial charge on any atom is 0.228 e. The lowest BCUT2D eigenvalue weighted by molar-refractivity contribution is -0.119. The SMILES string of the molecule is CCC(CN)C(=O)Nc1cc(OC)c(OC)c(OC)c1. The number of benzene rings is 1. The molecule has 6 heteroatoms. The van der Waals surface area contributed by atoms with E-state index in [9.17, 15) is 4.79 Å². The average Bonchev–Trinajstić information content (AvgIpc) is 2.47. The van der Waals surface area contributed by atoms with Crippen LogP contribution in [0.1, 0.15) is 13.3 Å². The number of hydrogen-bond acceptors (Lipinski definition) is 5. The van der Waals surface area contributed by atoms with Crippen LogP contribution in [0.25, 0.3) is 0 Å². The van der Waals surface area contributed by atoms with Gasteiger partial charge < -0.3 is 25.3 Å². The monoisotopic (exact) mass is 282 g/mol. The molecule has 1 atom stereocenters. The van der Waals surface area contributed by atoms with Gasteiger partial charge in [0.1, 0.15) is 0 Å². The van der Waals surface area contributed by atoms with Gasteiger partial charge in [0.05, 0.1) is 27.2 Å². The molecule has 0 aliphatic rings. The van der Waals surface area contributed by atoms with E-state index in [2.05, 4.69) is 5.32 Å². The van der Waals surface area contributed by atoms with Gasteiger partial charge in [-0.25, -0.2) is 0 Å². The van der Waals surface area contributed by atoms with E-state index in [-0.39, 0.29) is 11.8 Å². The van der Waals surface area contributed by atoms with Crippen molar-refractivity contribution in [3.8, 4) is 17.2 Å². The fourth-order valence-electron chi connectivity index (χ4n) is 1.86. The third kappa shape index (κ3) is 3.54. The largest absolute Gasteiger partial charge is 0.493 e. The van der Waals surface area contributed by atoms with E-state index in [0.29, 0.717) is 35.9 Å². The Morgan fingerprint density at radius 2 is 1.75 bits per heavy atom. The van der Waals surface area contributed by atoms with Crippen LogP contribution in [0.3, 0.4) is 0 Å². The van der Waals surface area contributed by atoms with E-state index >= 15 is 0 Å². The van der Waals surface area contributed by atoms with Gasteiger partial charge in [-0.05, 0) is 6.42 Å². The molecule has 0 heterocycles. The highest BCUT2D eigenvalue weighted by Gasteiger charge is 2.18. The maximum absolute atomic E-state index is 12.0. The molecule has 0 aliphatic heterocycles. The van der Waals surface area contributed by atoms with Gasteiger partial charge in [0.15, 0.2) is 11.5 Å². The second-order valence-electron chi connectivity index (χ2n) is 4.24. The minimum Gasteiger partial charge on any atom is -0.493 e. The van der Waals surface area contributed by atoms with Gasteiger partial charge in [-0.1, -0.05) is 6.92 Å². The zero-order chi connectivity index (χ0) is 15.1. The maximum atomic E-state index is 12.0. The number of rotatable bonds is 7. The molecule has 1 unspecified atom stereocenters. The Kier molecular flexibility index (Phi) is 6.11. The minimum absolute atomic E-state index is 0.121. The van der Waals surface area contributed by atoms with Crippen LogP contribution >= 0.6 is 0 Å². The van der Waals surface area contributed by atoms with Gasteiger partial charge in [0.2, 0.25) is 11.7 Å². The van der Waals surface area contributed by atoms with E-state index < -0.39 is 0 Å². The molecule has 0 saturated carbocycles. The van der Waals surface area contributed by atoms with Gasteiger partial charge in [-0.2, -0.15) is 0 Å². The first-order chi connectivity index (χ1) is 9.60. The summed E-state index contributed by atoms with van der Waals surface area (Å²) < 4.78 is 15.7. The normalized spacial score (nSPS) is 11.7. The fraction of sp³-hybridized carbons (Fsp3) is 0.500. The molecule has 0 fully saturated rings. The Bertz CT molecular complexity index is 433. The lowest BCUT2D eigenvalue weighted by atomic mass is 10.1. The third-order valence-corrected chi connectivity index (χ3v) is 3.08. The molecule has 3 N–H and O–H groups in total. The molecule has 1 rings (SSSR count). The quantitative estimate of drug-likeness (QED) is 0.794. The summed E-state index contributed by atoms with van der Waals surface area (Å²) in [4.78, 5) is 12.0. The van der Waals surface area contributed by atoms with E-state index in [4.69, 9.17) is 19.9 Å². The van der Waals surface area contributed by atoms with Crippen LogP contribution in [-0.2, 0) is 4.79 Å². The van der Waals surface area contributed by atoms with E-state index in [0.717, 1.165) is 0 Å². The number of ether oxygens (including phenoxy) is 3. The van der Waals surface area contributed by atoms with Crippen molar-refractivity contribution < 1.29 is 19.0 Å². The molecule has 0 aliphatic carbocycles. The number of hydrogen-bond donors (Lipinski definition) is 2. The van der Waals surface area contributed by atoms with Gasteiger partial charge in [-0.3, -0.25) is 4.79 Å². The first kappa shape index (κ1) is 16.1. The number of nitrogens with one attached hydrogen (secondary N) is 1. The third-order valence-electron chi connectivity index (χ3n) is 3.08. The van der Waals surface area contributed by atoms with Crippen molar-refractivity contribution in [2.75, 3.05) is 33.2 Å². The molecule has 1 amide bonds. The lowest BCUT2D eigenvalue weighted by Crippen LogP contribution is -2.28. The standard InChI is InChI=1S/C14H22N2O4/c1-5-9(8-15)14(17)16-10-6-11(18-2)13(20-4)12(7-10)19-3/h6-7,9H,5,8,15H2,1-4H3,(H,16,17). The number of nitrogens with two attached hydrogens (primary N) is 1. The van der Waals surface area contributed by atoms with Crippen LogP contribution in [0.5, 0.6) is 17.2 Å². The van der Waals surface area contributed by atoms with Crippen LogP contribution in [0.2, 0.25) is 0 Å². The van der Waals surface area contributed by atoms with Crippen molar-refractivity contribution in [1.29, 1.82) is 0 Å². The number of carbonyl (C=O) groups is 1. The van der Waals surface area contributed by atoms with Crippen molar-refractivity contribution >= 4 is 11.6 Å². The highest BCUT2D eigenvalue weighted by Crippen LogP contribution is 2.39. The number of methoxy groups -OCH3 is 3. The zero-order valence-electron chi connectivity index (χ0n) is 12.4. The molecule has 6 nitrogen and oxygen atoms in total. The molecule has 0 saturated heterocycles. The molecule has 1 aromatic rings. The summed E-state index contributed by atoms with van der Waals surface area (Å²) in [5, 5.41) is 2.81. The highest BCUT2D eigenvalue weighted by atomic mass is 16.5. The van der Waals surface area contributed by atoms with Crippen LogP contribution < -0.4 is 25.3 Å². The molecule has 0 bridgehead atoms. The number of carbonyl (C=O) groups excluding carboxylic acids is 1. The Morgan fingerprint density at radius 1 is 1.20 bits per heavy atom. The Hall–Kier alpha value is -1.95. The first-order valence-corrected chi connectivity index (χ1v) is 6.42. The average molecular weight is 282 g/mol. The van der Waals surface area contributed by atoms with Crippen molar-refractivity contribution in [2.45, 2.75) is 13.3 Å². The van der Waals surface area contributed by atoms with Crippen molar-refractivity contribution in [1.82, 2.24) is 0 Å². The van der Waals surface area contributed by atoms with Gasteiger partial charge in [0, 0.05) is 24.4 Å². The molecule has 1 aromatic carbocycles. The summed E-state index contributed by atoms with van der Waals surface area (Å²) in [6, 6.07) is 3.37. The van der Waals surface area contributed by atoms with Crippen molar-refractivity contribution in [3.63, 3.8) is 0 Å². The van der Waals surface area contributed by atoms with Crippen LogP contribution in [0.4, 0.5) is 5.69 Å². The van der Waals surface area contributed by atoms with Crippen molar-refractivity contribution in [3.05, 3.63) is 12.1 Å². The Balaban J connectivity index is 3.04. The Morgan fingerprint density at radius 3 is 2.10 bits per heavy atom. The summed E-state index contributed by atoms with van der Waals surface area (Å²) in [5.41, 5.74) is 6.15. The van der Waals surface area contributed by atoms with Crippen LogP contribution in [0, 0.1) is 5.92 Å². The molecular formula is C14H22N2O4. The van der Waals surface area contributed by atoms with E-state index in [1.54, 1.807) is 12.1 Å². The predicted molar refractivity (Wildman–Crippen MR) is 77.6 cm³/mol. The summed E-state index contributed by atoms with van der Waals surface area (Å²) >= 11 is 0. The van der Waals surface area contributed by atoms with Crippen molar-refractivity contribution in [2.24, 2.45) is 11.7 Å². The molecule has 0 radical (unpaired) electrons. The number of amides is 1. The van der Waals surface area contributed by atoms with E-state index in [1.165, 1.54) is 21.3 Å². The van der Waals surface area contributed by atoms with Gasteiger partial charge in [0.25, 0.3) is 0 Å². The second-order valence-corrected chi connectivity index (χ2v) is 4.24. The highest BCUT2D eigenvalue weighted by molar-refractivity contribution is 5.93.